The molecule has 0 radical (unpaired) electrons. The lowest BCUT2D eigenvalue weighted by atomic mass is 10.1. The number of amides is 2. The number of anilines is 1. The topological polar surface area (TPSA) is 71.3 Å². The van der Waals surface area contributed by atoms with Crippen molar-refractivity contribution >= 4 is 29.1 Å². The second kappa shape index (κ2) is 8.95. The molecule has 0 bridgehead atoms. The minimum absolute atomic E-state index is 0.0709. The van der Waals surface area contributed by atoms with Gasteiger partial charge >= 0.3 is 0 Å². The van der Waals surface area contributed by atoms with E-state index in [4.69, 9.17) is 11.6 Å². The van der Waals surface area contributed by atoms with Crippen LogP contribution < -0.4 is 4.90 Å². The van der Waals surface area contributed by atoms with E-state index in [0.29, 0.717) is 18.2 Å². The predicted molar refractivity (Wildman–Crippen MR) is 111 cm³/mol. The Bertz CT molecular complexity index is 859. The van der Waals surface area contributed by atoms with Gasteiger partial charge in [-0.2, -0.15) is 5.10 Å². The molecule has 7 nitrogen and oxygen atoms in total. The number of aromatic nitrogens is 3. The number of likely N-dealkylation sites (tertiary alicyclic amines) is 1. The van der Waals surface area contributed by atoms with Crippen molar-refractivity contribution in [3.63, 3.8) is 0 Å². The Morgan fingerprint density at radius 1 is 1.17 bits per heavy atom. The van der Waals surface area contributed by atoms with Crippen LogP contribution in [0.25, 0.3) is 5.69 Å². The van der Waals surface area contributed by atoms with Gasteiger partial charge in [0.15, 0.2) is 5.15 Å². The number of carbonyl (C=O) groups excluding carboxylic acids is 2. The van der Waals surface area contributed by atoms with E-state index < -0.39 is 0 Å². The van der Waals surface area contributed by atoms with E-state index in [0.717, 1.165) is 44.5 Å². The van der Waals surface area contributed by atoms with E-state index >= 15 is 0 Å². The van der Waals surface area contributed by atoms with E-state index in [1.807, 2.05) is 17.0 Å². The first-order valence-corrected chi connectivity index (χ1v) is 10.7. The fourth-order valence-electron chi connectivity index (χ4n) is 3.69. The fraction of sp³-hybridized carbons (Fsp3) is 0.524. The Hall–Kier alpha value is -2.41. The monoisotopic (exact) mass is 415 g/mol. The fourth-order valence-corrected chi connectivity index (χ4v) is 3.92. The van der Waals surface area contributed by atoms with Crippen molar-refractivity contribution in [2.45, 2.75) is 44.9 Å². The molecule has 2 amide bonds. The van der Waals surface area contributed by atoms with Gasteiger partial charge in [-0.1, -0.05) is 11.6 Å². The molecule has 0 atom stereocenters. The van der Waals surface area contributed by atoms with Crippen LogP contribution in [0.15, 0.2) is 30.7 Å². The smallest absolute Gasteiger partial charge is 0.227 e. The third kappa shape index (κ3) is 4.96. The summed E-state index contributed by atoms with van der Waals surface area (Å²) in [5, 5.41) is 4.64. The van der Waals surface area contributed by atoms with Crippen molar-refractivity contribution in [2.75, 3.05) is 24.5 Å². The Balaban J connectivity index is 1.46. The van der Waals surface area contributed by atoms with Crippen LogP contribution in [0.5, 0.6) is 0 Å². The zero-order chi connectivity index (χ0) is 20.2. The lowest BCUT2D eigenvalue weighted by Gasteiger charge is -2.27. The van der Waals surface area contributed by atoms with E-state index in [1.165, 1.54) is 6.42 Å². The molecule has 0 N–H and O–H groups in total. The highest BCUT2D eigenvalue weighted by atomic mass is 35.5. The zero-order valence-electron chi connectivity index (χ0n) is 16.5. The first kappa shape index (κ1) is 19.9. The molecule has 0 unspecified atom stereocenters. The summed E-state index contributed by atoms with van der Waals surface area (Å²) in [6.45, 7) is 2.24. The summed E-state index contributed by atoms with van der Waals surface area (Å²) in [5.74, 6) is 0.492. The van der Waals surface area contributed by atoms with Gasteiger partial charge in [0, 0.05) is 38.7 Å². The first-order valence-electron chi connectivity index (χ1n) is 10.4. The van der Waals surface area contributed by atoms with Crippen molar-refractivity contribution < 1.29 is 9.59 Å². The number of hydrogen-bond donors (Lipinski definition) is 0. The predicted octanol–water partition coefficient (Wildman–Crippen LogP) is 3.46. The molecular weight excluding hydrogens is 390 g/mol. The Morgan fingerprint density at radius 2 is 1.97 bits per heavy atom. The Labute approximate surface area is 175 Å². The van der Waals surface area contributed by atoms with Gasteiger partial charge in [-0.05, 0) is 50.2 Å². The van der Waals surface area contributed by atoms with Gasteiger partial charge in [0.1, 0.15) is 5.69 Å². The highest BCUT2D eigenvalue weighted by molar-refractivity contribution is 6.32. The lowest BCUT2D eigenvalue weighted by molar-refractivity contribution is -0.134. The number of halogens is 1. The number of hydrogen-bond acceptors (Lipinski definition) is 4. The summed E-state index contributed by atoms with van der Waals surface area (Å²) in [4.78, 5) is 33.2. The van der Waals surface area contributed by atoms with E-state index in [9.17, 15) is 9.59 Å². The second-order valence-corrected chi connectivity index (χ2v) is 8.21. The van der Waals surface area contributed by atoms with Crippen molar-refractivity contribution in [1.82, 2.24) is 19.7 Å². The van der Waals surface area contributed by atoms with Gasteiger partial charge in [0.2, 0.25) is 11.8 Å². The standard InChI is InChI=1S/C21H26ClN5O2/c22-21-18(15-27(24-21)17-5-4-10-23-13-17)26(14-16-6-7-16)20(29)9-8-19(28)25-11-2-1-3-12-25/h4-5,10,13,15-16H,1-3,6-9,11-12,14H2. The molecule has 2 fully saturated rings. The van der Waals surface area contributed by atoms with Crippen LogP contribution in [-0.2, 0) is 9.59 Å². The lowest BCUT2D eigenvalue weighted by Crippen LogP contribution is -2.37. The van der Waals surface area contributed by atoms with Gasteiger partial charge in [0.25, 0.3) is 0 Å². The number of nitrogens with zero attached hydrogens (tertiary/aromatic N) is 5. The highest BCUT2D eigenvalue weighted by Gasteiger charge is 2.30. The molecule has 2 aliphatic rings. The molecule has 1 aliphatic heterocycles. The molecule has 1 aliphatic carbocycles. The summed E-state index contributed by atoms with van der Waals surface area (Å²) in [5.41, 5.74) is 1.37. The molecule has 8 heteroatoms. The molecule has 3 heterocycles. The number of piperidine rings is 1. The Morgan fingerprint density at radius 3 is 2.66 bits per heavy atom. The molecule has 2 aromatic rings. The third-order valence-electron chi connectivity index (χ3n) is 5.55. The van der Waals surface area contributed by atoms with Crippen molar-refractivity contribution in [1.29, 1.82) is 0 Å². The summed E-state index contributed by atoms with van der Waals surface area (Å²) in [6, 6.07) is 3.70. The SMILES string of the molecule is O=C(CCC(=O)N(CC1CC1)c1cn(-c2cccnc2)nc1Cl)N1CCCCC1. The molecule has 1 saturated carbocycles. The molecule has 29 heavy (non-hydrogen) atoms. The van der Waals surface area contributed by atoms with Crippen LogP contribution in [0.2, 0.25) is 5.15 Å². The zero-order valence-corrected chi connectivity index (χ0v) is 17.2. The molecule has 0 aromatic carbocycles. The Kier molecular flexibility index (Phi) is 6.13. The van der Waals surface area contributed by atoms with Gasteiger partial charge < -0.3 is 9.80 Å². The van der Waals surface area contributed by atoms with Crippen LogP contribution in [-0.4, -0.2) is 51.1 Å². The van der Waals surface area contributed by atoms with E-state index in [2.05, 4.69) is 10.1 Å². The maximum absolute atomic E-state index is 13.0. The summed E-state index contributed by atoms with van der Waals surface area (Å²) in [7, 11) is 0. The van der Waals surface area contributed by atoms with Crippen LogP contribution in [0.4, 0.5) is 5.69 Å². The number of carbonyl (C=O) groups is 2. The molecule has 1 saturated heterocycles. The van der Waals surface area contributed by atoms with Crippen LogP contribution in [0.3, 0.4) is 0 Å². The molecule has 2 aromatic heterocycles. The molecule has 4 rings (SSSR count). The summed E-state index contributed by atoms with van der Waals surface area (Å²) in [6.07, 6.45) is 11.1. The van der Waals surface area contributed by atoms with Crippen LogP contribution in [0.1, 0.15) is 44.9 Å². The van der Waals surface area contributed by atoms with E-state index in [1.54, 1.807) is 28.2 Å². The normalized spacial score (nSPS) is 16.7. The molecule has 154 valence electrons. The van der Waals surface area contributed by atoms with Crippen LogP contribution >= 0.6 is 11.6 Å². The highest BCUT2D eigenvalue weighted by Crippen LogP contribution is 2.34. The maximum Gasteiger partial charge on any atom is 0.227 e. The van der Waals surface area contributed by atoms with Gasteiger partial charge in [-0.15, -0.1) is 0 Å². The average Bonchev–Trinajstić information content (AvgIpc) is 3.51. The summed E-state index contributed by atoms with van der Waals surface area (Å²) < 4.78 is 1.64. The van der Waals surface area contributed by atoms with Crippen molar-refractivity contribution in [2.24, 2.45) is 5.92 Å². The summed E-state index contributed by atoms with van der Waals surface area (Å²) >= 11 is 6.40. The number of pyridine rings is 1. The van der Waals surface area contributed by atoms with Crippen molar-refractivity contribution in [3.8, 4) is 5.69 Å². The minimum atomic E-state index is -0.0742. The largest absolute Gasteiger partial charge is 0.343 e. The second-order valence-electron chi connectivity index (χ2n) is 7.85. The third-order valence-corrected chi connectivity index (χ3v) is 5.82. The molecule has 0 spiro atoms. The quantitative estimate of drug-likeness (QED) is 0.694. The van der Waals surface area contributed by atoms with E-state index in [-0.39, 0.29) is 29.8 Å². The number of rotatable bonds is 7. The van der Waals surface area contributed by atoms with Gasteiger partial charge in [-0.25, -0.2) is 4.68 Å². The van der Waals surface area contributed by atoms with Gasteiger partial charge in [0.05, 0.1) is 18.1 Å². The average molecular weight is 416 g/mol. The minimum Gasteiger partial charge on any atom is -0.343 e. The first-order chi connectivity index (χ1) is 14.1. The van der Waals surface area contributed by atoms with Gasteiger partial charge in [-0.3, -0.25) is 14.6 Å². The molecular formula is C21H26ClN5O2. The maximum atomic E-state index is 13.0. The van der Waals surface area contributed by atoms with Crippen molar-refractivity contribution in [3.05, 3.63) is 35.9 Å². The van der Waals surface area contributed by atoms with Crippen LogP contribution in [0, 0.1) is 5.92 Å².